The highest BCUT2D eigenvalue weighted by atomic mass is 16.5. The number of hydrogen-bond donors (Lipinski definition) is 0. The van der Waals surface area contributed by atoms with Gasteiger partial charge in [-0.1, -0.05) is 32.3 Å². The Morgan fingerprint density at radius 3 is 2.63 bits per heavy atom. The summed E-state index contributed by atoms with van der Waals surface area (Å²) in [5.41, 5.74) is 0. The molecule has 19 heavy (non-hydrogen) atoms. The quantitative estimate of drug-likeness (QED) is 0.731. The number of benzene rings is 1. The molecule has 1 saturated carbocycles. The standard InChI is InChI=1S/C17H26O2/c1-3-14(2)19-17-11-7-10-16(12-17)18-13-15-8-5-4-6-9-15/h7,10-12,14-15H,3-6,8-9,13H2,1-2H3/t14-/m1/s1. The Morgan fingerprint density at radius 2 is 1.89 bits per heavy atom. The first-order chi connectivity index (χ1) is 9.28. The lowest BCUT2D eigenvalue weighted by atomic mass is 9.90. The van der Waals surface area contributed by atoms with Crippen molar-refractivity contribution in [1.29, 1.82) is 0 Å². The van der Waals surface area contributed by atoms with E-state index in [0.717, 1.165) is 30.4 Å². The van der Waals surface area contributed by atoms with Crippen molar-refractivity contribution >= 4 is 0 Å². The average Bonchev–Trinajstić information content (AvgIpc) is 2.46. The molecule has 1 aromatic carbocycles. The van der Waals surface area contributed by atoms with Gasteiger partial charge in [0.2, 0.25) is 0 Å². The average molecular weight is 262 g/mol. The summed E-state index contributed by atoms with van der Waals surface area (Å²) in [7, 11) is 0. The normalized spacial score (nSPS) is 18.0. The summed E-state index contributed by atoms with van der Waals surface area (Å²) in [6, 6.07) is 8.04. The molecule has 0 amide bonds. The fourth-order valence-electron chi connectivity index (χ4n) is 2.52. The summed E-state index contributed by atoms with van der Waals surface area (Å²) in [6.07, 6.45) is 8.05. The topological polar surface area (TPSA) is 18.5 Å². The molecule has 0 unspecified atom stereocenters. The third kappa shape index (κ3) is 4.77. The molecule has 0 spiro atoms. The molecule has 0 aromatic heterocycles. The van der Waals surface area contributed by atoms with Gasteiger partial charge < -0.3 is 9.47 Å². The van der Waals surface area contributed by atoms with E-state index in [4.69, 9.17) is 9.47 Å². The first-order valence-electron chi connectivity index (χ1n) is 7.67. The van der Waals surface area contributed by atoms with Crippen LogP contribution in [0.5, 0.6) is 11.5 Å². The van der Waals surface area contributed by atoms with Gasteiger partial charge in [-0.2, -0.15) is 0 Å². The van der Waals surface area contributed by atoms with Crippen LogP contribution in [0, 0.1) is 5.92 Å². The Bertz CT molecular complexity index is 369. The lowest BCUT2D eigenvalue weighted by Gasteiger charge is -2.22. The van der Waals surface area contributed by atoms with Gasteiger partial charge in [0.25, 0.3) is 0 Å². The molecule has 0 N–H and O–H groups in total. The van der Waals surface area contributed by atoms with Gasteiger partial charge in [-0.3, -0.25) is 0 Å². The third-order valence-corrected chi connectivity index (χ3v) is 3.93. The van der Waals surface area contributed by atoms with Gasteiger partial charge in [0.05, 0.1) is 12.7 Å². The summed E-state index contributed by atoms with van der Waals surface area (Å²) in [6.45, 7) is 5.08. The molecule has 1 aliphatic rings. The minimum absolute atomic E-state index is 0.258. The molecule has 1 aliphatic carbocycles. The van der Waals surface area contributed by atoms with Crippen LogP contribution in [0.3, 0.4) is 0 Å². The van der Waals surface area contributed by atoms with Crippen LogP contribution in [-0.4, -0.2) is 12.7 Å². The summed E-state index contributed by atoms with van der Waals surface area (Å²) < 4.78 is 11.7. The highest BCUT2D eigenvalue weighted by Gasteiger charge is 2.14. The molecular weight excluding hydrogens is 236 g/mol. The second-order valence-electron chi connectivity index (χ2n) is 5.63. The molecule has 0 bridgehead atoms. The van der Waals surface area contributed by atoms with E-state index in [9.17, 15) is 0 Å². The summed E-state index contributed by atoms with van der Waals surface area (Å²) >= 11 is 0. The van der Waals surface area contributed by atoms with Crippen molar-refractivity contribution in [3.05, 3.63) is 24.3 Å². The number of hydrogen-bond acceptors (Lipinski definition) is 2. The van der Waals surface area contributed by atoms with Crippen LogP contribution in [0.4, 0.5) is 0 Å². The maximum atomic E-state index is 5.92. The first-order valence-corrected chi connectivity index (χ1v) is 7.67. The van der Waals surface area contributed by atoms with Gasteiger partial charge >= 0.3 is 0 Å². The van der Waals surface area contributed by atoms with E-state index in [1.807, 2.05) is 24.3 Å². The highest BCUT2D eigenvalue weighted by Crippen LogP contribution is 2.26. The maximum Gasteiger partial charge on any atom is 0.123 e. The zero-order chi connectivity index (χ0) is 13.5. The molecule has 1 aromatic rings. The van der Waals surface area contributed by atoms with E-state index in [0.29, 0.717) is 0 Å². The van der Waals surface area contributed by atoms with E-state index >= 15 is 0 Å². The Hall–Kier alpha value is -1.18. The number of rotatable bonds is 6. The van der Waals surface area contributed by atoms with Gasteiger partial charge in [0, 0.05) is 6.07 Å². The van der Waals surface area contributed by atoms with Gasteiger partial charge in [-0.25, -0.2) is 0 Å². The van der Waals surface area contributed by atoms with Gasteiger partial charge in [0.1, 0.15) is 11.5 Å². The van der Waals surface area contributed by atoms with E-state index < -0.39 is 0 Å². The summed E-state index contributed by atoms with van der Waals surface area (Å²) in [5.74, 6) is 2.59. The zero-order valence-corrected chi connectivity index (χ0v) is 12.2. The molecule has 1 fully saturated rings. The van der Waals surface area contributed by atoms with Crippen molar-refractivity contribution in [2.45, 2.75) is 58.5 Å². The molecule has 0 heterocycles. The Labute approximate surface area is 117 Å². The van der Waals surface area contributed by atoms with Crippen molar-refractivity contribution in [2.75, 3.05) is 6.61 Å². The monoisotopic (exact) mass is 262 g/mol. The second kappa shape index (κ2) is 7.42. The van der Waals surface area contributed by atoms with Crippen LogP contribution in [0.15, 0.2) is 24.3 Å². The first kappa shape index (κ1) is 14.2. The minimum atomic E-state index is 0.258. The molecule has 0 saturated heterocycles. The molecule has 2 heteroatoms. The lowest BCUT2D eigenvalue weighted by molar-refractivity contribution is 0.202. The smallest absolute Gasteiger partial charge is 0.123 e. The van der Waals surface area contributed by atoms with E-state index in [1.165, 1.54) is 32.1 Å². The van der Waals surface area contributed by atoms with E-state index in [1.54, 1.807) is 0 Å². The van der Waals surface area contributed by atoms with E-state index in [2.05, 4.69) is 13.8 Å². The van der Waals surface area contributed by atoms with Crippen LogP contribution >= 0.6 is 0 Å². The van der Waals surface area contributed by atoms with Crippen LogP contribution in [-0.2, 0) is 0 Å². The molecule has 1 atom stereocenters. The van der Waals surface area contributed by atoms with Crippen LogP contribution in [0.25, 0.3) is 0 Å². The Balaban J connectivity index is 1.84. The predicted molar refractivity (Wildman–Crippen MR) is 78.9 cm³/mol. The van der Waals surface area contributed by atoms with Gasteiger partial charge in [0.15, 0.2) is 0 Å². The van der Waals surface area contributed by atoms with Gasteiger partial charge in [-0.05, 0) is 44.2 Å². The molecule has 2 rings (SSSR count). The molecule has 2 nitrogen and oxygen atoms in total. The van der Waals surface area contributed by atoms with Crippen molar-refractivity contribution in [3.63, 3.8) is 0 Å². The SMILES string of the molecule is CC[C@@H](C)Oc1cccc(OCC2CCCCC2)c1. The molecule has 0 aliphatic heterocycles. The summed E-state index contributed by atoms with van der Waals surface area (Å²) in [5, 5.41) is 0. The largest absolute Gasteiger partial charge is 0.493 e. The summed E-state index contributed by atoms with van der Waals surface area (Å²) in [4.78, 5) is 0. The van der Waals surface area contributed by atoms with Crippen LogP contribution in [0.1, 0.15) is 52.4 Å². The fourth-order valence-corrected chi connectivity index (χ4v) is 2.52. The lowest BCUT2D eigenvalue weighted by Crippen LogP contribution is -2.15. The predicted octanol–water partition coefficient (Wildman–Crippen LogP) is 4.82. The molecular formula is C17H26O2. The fraction of sp³-hybridized carbons (Fsp3) is 0.647. The van der Waals surface area contributed by atoms with Crippen molar-refractivity contribution in [1.82, 2.24) is 0 Å². The van der Waals surface area contributed by atoms with Crippen molar-refractivity contribution in [2.24, 2.45) is 5.92 Å². The van der Waals surface area contributed by atoms with Crippen molar-refractivity contribution < 1.29 is 9.47 Å². The highest BCUT2D eigenvalue weighted by molar-refractivity contribution is 5.33. The minimum Gasteiger partial charge on any atom is -0.493 e. The Morgan fingerprint density at radius 1 is 1.16 bits per heavy atom. The zero-order valence-electron chi connectivity index (χ0n) is 12.2. The third-order valence-electron chi connectivity index (χ3n) is 3.93. The van der Waals surface area contributed by atoms with Crippen molar-refractivity contribution in [3.8, 4) is 11.5 Å². The molecule has 106 valence electrons. The van der Waals surface area contributed by atoms with Crippen LogP contribution < -0.4 is 9.47 Å². The maximum absolute atomic E-state index is 5.92. The number of ether oxygens (including phenoxy) is 2. The Kier molecular flexibility index (Phi) is 5.56. The van der Waals surface area contributed by atoms with E-state index in [-0.39, 0.29) is 6.10 Å². The second-order valence-corrected chi connectivity index (χ2v) is 5.63. The molecule has 0 radical (unpaired) electrons. The van der Waals surface area contributed by atoms with Crippen LogP contribution in [0.2, 0.25) is 0 Å². The van der Waals surface area contributed by atoms with Gasteiger partial charge in [-0.15, -0.1) is 0 Å².